The lowest BCUT2D eigenvalue weighted by Gasteiger charge is -2.12. The number of benzene rings is 1. The van der Waals surface area contributed by atoms with Gasteiger partial charge in [-0.15, -0.1) is 22.9 Å². The maximum absolute atomic E-state index is 13.6. The zero-order valence-corrected chi connectivity index (χ0v) is 12.8. The van der Waals surface area contributed by atoms with E-state index in [1.165, 1.54) is 11.3 Å². The molecular weight excluding hydrogens is 314 g/mol. The molecule has 0 aliphatic heterocycles. The van der Waals surface area contributed by atoms with Crippen LogP contribution in [0.4, 0.5) is 4.39 Å². The molecule has 96 valence electrons. The maximum atomic E-state index is 13.6. The van der Waals surface area contributed by atoms with Crippen molar-refractivity contribution in [1.29, 1.82) is 0 Å². The number of thiophene rings is 1. The van der Waals surface area contributed by atoms with Crippen LogP contribution >= 0.6 is 46.1 Å². The molecule has 0 aliphatic rings. The number of alkyl halides is 1. The Morgan fingerprint density at radius 1 is 1.11 bits per heavy atom. The summed E-state index contributed by atoms with van der Waals surface area (Å²) in [5.74, 6) is -0.197. The Morgan fingerprint density at radius 2 is 1.67 bits per heavy atom. The summed E-state index contributed by atoms with van der Waals surface area (Å²) in [4.78, 5) is 0. The summed E-state index contributed by atoms with van der Waals surface area (Å²) in [7, 11) is 0. The Balaban J connectivity index is 2.46. The van der Waals surface area contributed by atoms with Crippen molar-refractivity contribution in [3.05, 3.63) is 54.9 Å². The highest BCUT2D eigenvalue weighted by Gasteiger charge is 2.18. The van der Waals surface area contributed by atoms with Crippen LogP contribution in [0.3, 0.4) is 0 Å². The Labute approximate surface area is 124 Å². The van der Waals surface area contributed by atoms with Crippen LogP contribution in [0.15, 0.2) is 18.2 Å². The van der Waals surface area contributed by atoms with Crippen molar-refractivity contribution < 1.29 is 4.39 Å². The summed E-state index contributed by atoms with van der Waals surface area (Å²) >= 11 is 19.6. The van der Waals surface area contributed by atoms with Gasteiger partial charge in [0.1, 0.15) is 5.82 Å². The molecule has 1 aromatic heterocycles. The lowest BCUT2D eigenvalue weighted by atomic mass is 10.0. The van der Waals surface area contributed by atoms with E-state index in [0.717, 1.165) is 11.1 Å². The summed E-state index contributed by atoms with van der Waals surface area (Å²) in [6.07, 6.45) is 0. The van der Waals surface area contributed by atoms with Gasteiger partial charge in [-0.2, -0.15) is 0 Å². The van der Waals surface area contributed by atoms with Gasteiger partial charge in [-0.25, -0.2) is 4.39 Å². The van der Waals surface area contributed by atoms with Gasteiger partial charge in [-0.1, -0.05) is 35.3 Å². The molecule has 1 unspecified atom stereocenters. The summed E-state index contributed by atoms with van der Waals surface area (Å²) in [5, 5.41) is -0.417. The van der Waals surface area contributed by atoms with Crippen molar-refractivity contribution in [2.45, 2.75) is 19.2 Å². The zero-order chi connectivity index (χ0) is 13.4. The monoisotopic (exact) mass is 322 g/mol. The van der Waals surface area contributed by atoms with Crippen molar-refractivity contribution in [2.24, 2.45) is 0 Å². The molecule has 2 aromatic rings. The minimum Gasteiger partial charge on any atom is -0.206 e. The van der Waals surface area contributed by atoms with Crippen LogP contribution < -0.4 is 0 Å². The first-order valence-corrected chi connectivity index (χ1v) is 7.26. The first kappa shape index (κ1) is 14.1. The van der Waals surface area contributed by atoms with Crippen LogP contribution in [-0.2, 0) is 0 Å². The molecule has 2 rings (SSSR count). The molecule has 0 N–H and O–H groups in total. The van der Waals surface area contributed by atoms with Gasteiger partial charge in [0.05, 0.1) is 14.0 Å². The number of hydrogen-bond acceptors (Lipinski definition) is 1. The van der Waals surface area contributed by atoms with E-state index in [-0.39, 0.29) is 5.82 Å². The number of rotatable bonds is 2. The molecule has 18 heavy (non-hydrogen) atoms. The lowest BCUT2D eigenvalue weighted by Crippen LogP contribution is -1.97. The lowest BCUT2D eigenvalue weighted by molar-refractivity contribution is 0.608. The fourth-order valence-electron chi connectivity index (χ4n) is 1.83. The average Bonchev–Trinajstić information content (AvgIpc) is 2.63. The maximum Gasteiger partial charge on any atom is 0.129 e. The average molecular weight is 324 g/mol. The Bertz CT molecular complexity index is 569. The second-order valence-electron chi connectivity index (χ2n) is 4.11. The molecule has 0 bridgehead atoms. The van der Waals surface area contributed by atoms with E-state index in [1.54, 1.807) is 32.0 Å². The summed E-state index contributed by atoms with van der Waals surface area (Å²) < 4.78 is 14.7. The van der Waals surface area contributed by atoms with Crippen molar-refractivity contribution in [2.75, 3.05) is 0 Å². The minimum absolute atomic E-state index is 0.197. The predicted molar refractivity (Wildman–Crippen MR) is 77.9 cm³/mol. The van der Waals surface area contributed by atoms with Crippen LogP contribution in [0, 0.1) is 19.7 Å². The standard InChI is InChI=1S/C13H10Cl3FS/c1-6-3-8(4-7(2)12(6)17)11(15)9-5-10(14)18-13(9)16/h3-5,11H,1-2H3. The normalized spacial score (nSPS) is 12.8. The fourth-order valence-corrected chi connectivity index (χ4v) is 3.78. The molecule has 0 saturated heterocycles. The molecule has 0 fully saturated rings. The minimum atomic E-state index is -0.417. The second-order valence-corrected chi connectivity index (χ2v) is 6.83. The Morgan fingerprint density at radius 3 is 2.11 bits per heavy atom. The molecule has 0 spiro atoms. The van der Waals surface area contributed by atoms with Gasteiger partial charge in [0.25, 0.3) is 0 Å². The van der Waals surface area contributed by atoms with Crippen LogP contribution in [0.1, 0.15) is 27.6 Å². The van der Waals surface area contributed by atoms with Gasteiger partial charge in [-0.05, 0) is 36.6 Å². The molecule has 0 amide bonds. The van der Waals surface area contributed by atoms with Gasteiger partial charge in [0.15, 0.2) is 0 Å². The number of halogens is 4. The molecule has 0 nitrogen and oxygen atoms in total. The van der Waals surface area contributed by atoms with Crippen molar-refractivity contribution >= 4 is 46.1 Å². The third-order valence-corrected chi connectivity index (χ3v) is 4.71. The topological polar surface area (TPSA) is 0 Å². The highest BCUT2D eigenvalue weighted by atomic mass is 35.5. The molecule has 1 heterocycles. The summed E-state index contributed by atoms with van der Waals surface area (Å²) in [6.45, 7) is 3.44. The van der Waals surface area contributed by atoms with Crippen LogP contribution in [0.25, 0.3) is 0 Å². The highest BCUT2D eigenvalue weighted by molar-refractivity contribution is 7.20. The third kappa shape index (κ3) is 2.67. The Kier molecular flexibility index (Phi) is 4.22. The number of aryl methyl sites for hydroxylation is 2. The SMILES string of the molecule is Cc1cc(C(Cl)c2cc(Cl)sc2Cl)cc(C)c1F. The van der Waals surface area contributed by atoms with Crippen molar-refractivity contribution in [3.8, 4) is 0 Å². The van der Waals surface area contributed by atoms with Gasteiger partial charge in [-0.3, -0.25) is 0 Å². The van der Waals surface area contributed by atoms with Crippen LogP contribution in [0.5, 0.6) is 0 Å². The zero-order valence-electron chi connectivity index (χ0n) is 9.73. The molecule has 0 aliphatic carbocycles. The Hall–Kier alpha value is -0.280. The predicted octanol–water partition coefficient (Wildman–Crippen LogP) is 6.14. The smallest absolute Gasteiger partial charge is 0.129 e. The quantitative estimate of drug-likeness (QED) is 0.582. The first-order valence-electron chi connectivity index (χ1n) is 5.25. The van der Waals surface area contributed by atoms with Crippen molar-refractivity contribution in [3.63, 3.8) is 0 Å². The fraction of sp³-hybridized carbons (Fsp3) is 0.231. The van der Waals surface area contributed by atoms with Crippen LogP contribution in [-0.4, -0.2) is 0 Å². The molecule has 0 radical (unpaired) electrons. The van der Waals surface area contributed by atoms with E-state index in [0.29, 0.717) is 19.8 Å². The molecule has 5 heteroatoms. The molecule has 0 saturated carbocycles. The van der Waals surface area contributed by atoms with Gasteiger partial charge in [0.2, 0.25) is 0 Å². The van der Waals surface area contributed by atoms with Crippen molar-refractivity contribution in [1.82, 2.24) is 0 Å². The first-order chi connectivity index (χ1) is 8.40. The summed E-state index contributed by atoms with van der Waals surface area (Å²) in [5.41, 5.74) is 2.74. The van der Waals surface area contributed by atoms with Crippen LogP contribution in [0.2, 0.25) is 8.67 Å². The second kappa shape index (κ2) is 5.38. The van der Waals surface area contributed by atoms with E-state index in [4.69, 9.17) is 34.8 Å². The third-order valence-electron chi connectivity index (χ3n) is 2.71. The summed E-state index contributed by atoms with van der Waals surface area (Å²) in [6, 6.07) is 5.23. The van der Waals surface area contributed by atoms with E-state index >= 15 is 0 Å². The van der Waals surface area contributed by atoms with E-state index in [2.05, 4.69) is 0 Å². The molecule has 1 aromatic carbocycles. The molecular formula is C13H10Cl3FS. The molecule has 1 atom stereocenters. The van der Waals surface area contributed by atoms with E-state index in [1.807, 2.05) is 0 Å². The van der Waals surface area contributed by atoms with Gasteiger partial charge in [0, 0.05) is 5.56 Å². The van der Waals surface area contributed by atoms with Gasteiger partial charge < -0.3 is 0 Å². The van der Waals surface area contributed by atoms with E-state index in [9.17, 15) is 4.39 Å². The number of hydrogen-bond donors (Lipinski definition) is 0. The highest BCUT2D eigenvalue weighted by Crippen LogP contribution is 2.41. The largest absolute Gasteiger partial charge is 0.206 e. The van der Waals surface area contributed by atoms with Gasteiger partial charge >= 0.3 is 0 Å². The van der Waals surface area contributed by atoms with E-state index < -0.39 is 5.38 Å².